The van der Waals surface area contributed by atoms with Gasteiger partial charge in [0.2, 0.25) is 0 Å². The molecule has 0 aliphatic rings. The summed E-state index contributed by atoms with van der Waals surface area (Å²) in [5.41, 5.74) is 2.32. The number of halogens is 1. The van der Waals surface area contributed by atoms with Crippen molar-refractivity contribution >= 4 is 46.2 Å². The van der Waals surface area contributed by atoms with Crippen LogP contribution in [0.5, 0.6) is 0 Å². The molecule has 0 saturated heterocycles. The van der Waals surface area contributed by atoms with E-state index in [1.165, 1.54) is 0 Å². The Morgan fingerprint density at radius 1 is 1.40 bits per heavy atom. The monoisotopic (exact) mass is 319 g/mol. The number of nitrogens with one attached hydrogen (secondary N) is 1. The van der Waals surface area contributed by atoms with Crippen molar-refractivity contribution in [2.75, 3.05) is 0 Å². The van der Waals surface area contributed by atoms with Gasteiger partial charge in [-0.1, -0.05) is 17.7 Å². The molecule has 0 amide bonds. The number of hydrogen-bond acceptors (Lipinski definition) is 3. The van der Waals surface area contributed by atoms with Gasteiger partial charge in [0.1, 0.15) is 6.07 Å². The molecule has 2 heterocycles. The molecule has 0 aliphatic carbocycles. The minimum absolute atomic E-state index is 0.0719. The molecule has 100 valence electrons. The van der Waals surface area contributed by atoms with Gasteiger partial charge in [-0.3, -0.25) is 0 Å². The number of fused-ring (bicyclic) bond motifs is 1. The molecule has 1 N–H and O–H groups in total. The summed E-state index contributed by atoms with van der Waals surface area (Å²) in [7, 11) is 0. The number of nitriles is 1. The molecular formula is C14H10ClN3S2. The predicted molar refractivity (Wildman–Crippen MR) is 85.0 cm³/mol. The zero-order valence-electron chi connectivity index (χ0n) is 10.6. The first-order chi connectivity index (χ1) is 9.61. The summed E-state index contributed by atoms with van der Waals surface area (Å²) in [6.45, 7) is 2.07. The van der Waals surface area contributed by atoms with Gasteiger partial charge in [-0.2, -0.15) is 5.26 Å². The van der Waals surface area contributed by atoms with Crippen LogP contribution in [0.25, 0.3) is 11.0 Å². The molecule has 3 rings (SSSR count). The Bertz CT molecular complexity index is 882. The van der Waals surface area contributed by atoms with Crippen molar-refractivity contribution < 1.29 is 0 Å². The van der Waals surface area contributed by atoms with Gasteiger partial charge in [-0.15, -0.1) is 11.3 Å². The topological polar surface area (TPSA) is 44.5 Å². The minimum atomic E-state index is 0.0719. The smallest absolute Gasteiger partial charge is 0.178 e. The van der Waals surface area contributed by atoms with Crippen LogP contribution in [-0.2, 0) is 0 Å². The average Bonchev–Trinajstić information content (AvgIpc) is 3.00. The quantitative estimate of drug-likeness (QED) is 0.683. The second-order valence-electron chi connectivity index (χ2n) is 4.43. The van der Waals surface area contributed by atoms with Crippen LogP contribution in [0, 0.1) is 16.1 Å². The summed E-state index contributed by atoms with van der Waals surface area (Å²) in [4.78, 5) is 4.26. The van der Waals surface area contributed by atoms with E-state index in [0.29, 0.717) is 10.3 Å². The Kier molecular flexibility index (Phi) is 3.38. The predicted octanol–water partition coefficient (Wildman–Crippen LogP) is 4.89. The maximum Gasteiger partial charge on any atom is 0.178 e. The molecule has 3 aromatic rings. The normalized spacial score (nSPS) is 12.4. The molecule has 3 nitrogen and oxygen atoms in total. The highest BCUT2D eigenvalue weighted by Gasteiger charge is 2.16. The third-order valence-electron chi connectivity index (χ3n) is 3.27. The van der Waals surface area contributed by atoms with E-state index in [1.54, 1.807) is 17.4 Å². The SMILES string of the molecule is CC(c1ccc(Cl)s1)n1c(=S)[nH]c2c(C#N)cccc21. The number of aromatic amines is 1. The molecule has 0 bridgehead atoms. The van der Waals surface area contributed by atoms with E-state index in [-0.39, 0.29) is 6.04 Å². The van der Waals surface area contributed by atoms with Crippen molar-refractivity contribution in [3.05, 3.63) is 49.9 Å². The van der Waals surface area contributed by atoms with Gasteiger partial charge >= 0.3 is 0 Å². The number of para-hydroxylation sites is 1. The van der Waals surface area contributed by atoms with Crippen molar-refractivity contribution in [3.63, 3.8) is 0 Å². The molecule has 1 unspecified atom stereocenters. The summed E-state index contributed by atoms with van der Waals surface area (Å²) < 4.78 is 3.39. The van der Waals surface area contributed by atoms with Gasteiger partial charge < -0.3 is 9.55 Å². The van der Waals surface area contributed by atoms with Crippen LogP contribution in [0.3, 0.4) is 0 Å². The van der Waals surface area contributed by atoms with Gasteiger partial charge in [-0.25, -0.2) is 0 Å². The van der Waals surface area contributed by atoms with Crippen LogP contribution in [0.1, 0.15) is 23.4 Å². The number of H-pyrrole nitrogens is 1. The zero-order valence-corrected chi connectivity index (χ0v) is 12.9. The second-order valence-corrected chi connectivity index (χ2v) is 6.56. The van der Waals surface area contributed by atoms with Gasteiger partial charge in [0, 0.05) is 4.88 Å². The van der Waals surface area contributed by atoms with Gasteiger partial charge in [0.05, 0.1) is 27.0 Å². The van der Waals surface area contributed by atoms with Gasteiger partial charge in [-0.05, 0) is 43.4 Å². The van der Waals surface area contributed by atoms with Crippen molar-refractivity contribution in [2.45, 2.75) is 13.0 Å². The van der Waals surface area contributed by atoms with E-state index >= 15 is 0 Å². The minimum Gasteiger partial charge on any atom is -0.329 e. The Labute approximate surface area is 130 Å². The fourth-order valence-electron chi connectivity index (χ4n) is 2.31. The molecule has 2 aromatic heterocycles. The second kappa shape index (κ2) is 5.06. The molecule has 0 aliphatic heterocycles. The molecule has 0 fully saturated rings. The highest BCUT2D eigenvalue weighted by atomic mass is 35.5. The highest BCUT2D eigenvalue weighted by molar-refractivity contribution is 7.71. The Morgan fingerprint density at radius 3 is 2.85 bits per heavy atom. The highest BCUT2D eigenvalue weighted by Crippen LogP contribution is 2.32. The van der Waals surface area contributed by atoms with Crippen molar-refractivity contribution in [2.24, 2.45) is 0 Å². The first kappa shape index (κ1) is 13.4. The molecule has 0 saturated carbocycles. The molecule has 1 aromatic carbocycles. The van der Waals surface area contributed by atoms with E-state index in [9.17, 15) is 0 Å². The number of thiophene rings is 1. The van der Waals surface area contributed by atoms with Crippen LogP contribution in [0.4, 0.5) is 0 Å². The lowest BCUT2D eigenvalue weighted by Gasteiger charge is -2.12. The van der Waals surface area contributed by atoms with Crippen molar-refractivity contribution in [1.82, 2.24) is 9.55 Å². The molecule has 20 heavy (non-hydrogen) atoms. The van der Waals surface area contributed by atoms with E-state index in [0.717, 1.165) is 20.2 Å². The number of imidazole rings is 1. The van der Waals surface area contributed by atoms with Crippen molar-refractivity contribution in [3.8, 4) is 6.07 Å². The van der Waals surface area contributed by atoms with Crippen LogP contribution < -0.4 is 0 Å². The molecular weight excluding hydrogens is 310 g/mol. The maximum atomic E-state index is 9.17. The largest absolute Gasteiger partial charge is 0.329 e. The summed E-state index contributed by atoms with van der Waals surface area (Å²) >= 11 is 13.0. The van der Waals surface area contributed by atoms with Crippen LogP contribution >= 0.6 is 35.2 Å². The number of nitrogens with zero attached hydrogens (tertiary/aromatic N) is 2. The molecule has 6 heteroatoms. The third kappa shape index (κ3) is 2.06. The lowest BCUT2D eigenvalue weighted by molar-refractivity contribution is 0.661. The third-order valence-corrected chi connectivity index (χ3v) is 4.97. The van der Waals surface area contributed by atoms with Gasteiger partial charge in [0.25, 0.3) is 0 Å². The Hall–Kier alpha value is -1.61. The fraction of sp³-hybridized carbons (Fsp3) is 0.143. The summed E-state index contributed by atoms with van der Waals surface area (Å²) in [5, 5.41) is 9.17. The number of rotatable bonds is 2. The van der Waals surface area contributed by atoms with Crippen LogP contribution in [0.2, 0.25) is 4.34 Å². The van der Waals surface area contributed by atoms with Crippen LogP contribution in [-0.4, -0.2) is 9.55 Å². The van der Waals surface area contributed by atoms with E-state index in [2.05, 4.69) is 18.0 Å². The number of aromatic nitrogens is 2. The number of hydrogen-bond donors (Lipinski definition) is 1. The van der Waals surface area contributed by atoms with E-state index < -0.39 is 0 Å². The summed E-state index contributed by atoms with van der Waals surface area (Å²) in [6, 6.07) is 11.8. The average molecular weight is 320 g/mol. The summed E-state index contributed by atoms with van der Waals surface area (Å²) in [6.07, 6.45) is 0. The lowest BCUT2D eigenvalue weighted by Crippen LogP contribution is -2.04. The fourth-order valence-corrected chi connectivity index (χ4v) is 3.77. The van der Waals surface area contributed by atoms with Crippen molar-refractivity contribution in [1.29, 1.82) is 5.26 Å². The van der Waals surface area contributed by atoms with E-state index in [4.69, 9.17) is 29.1 Å². The van der Waals surface area contributed by atoms with Gasteiger partial charge in [0.15, 0.2) is 4.77 Å². The first-order valence-corrected chi connectivity index (χ1v) is 7.60. The molecule has 0 radical (unpaired) electrons. The molecule has 1 atom stereocenters. The zero-order chi connectivity index (χ0) is 14.3. The summed E-state index contributed by atoms with van der Waals surface area (Å²) in [5.74, 6) is 0. The lowest BCUT2D eigenvalue weighted by atomic mass is 10.2. The van der Waals surface area contributed by atoms with E-state index in [1.807, 2.05) is 28.8 Å². The number of benzene rings is 1. The Balaban J connectivity index is 2.24. The first-order valence-electron chi connectivity index (χ1n) is 6.00. The Morgan fingerprint density at radius 2 is 2.20 bits per heavy atom. The molecule has 0 spiro atoms. The standard InChI is InChI=1S/C14H10ClN3S2/c1-8(11-5-6-12(15)20-11)18-10-4-2-3-9(7-16)13(10)17-14(18)19/h2-6,8H,1H3,(H,17,19). The maximum absolute atomic E-state index is 9.17. The van der Waals surface area contributed by atoms with Crippen LogP contribution in [0.15, 0.2) is 30.3 Å².